The summed E-state index contributed by atoms with van der Waals surface area (Å²) in [4.78, 5) is 36.3. The number of nitrogens with one attached hydrogen (secondary N) is 2. The molecule has 1 fully saturated rings. The van der Waals surface area contributed by atoms with Crippen molar-refractivity contribution >= 4 is 34.1 Å². The van der Waals surface area contributed by atoms with E-state index in [4.69, 9.17) is 4.74 Å². The predicted molar refractivity (Wildman–Crippen MR) is 91.0 cm³/mol. The summed E-state index contributed by atoms with van der Waals surface area (Å²) in [6.07, 6.45) is 4.68. The van der Waals surface area contributed by atoms with Gasteiger partial charge in [-0.15, -0.1) is 11.3 Å². The lowest BCUT2D eigenvalue weighted by Crippen LogP contribution is -2.39. The molecule has 1 aliphatic heterocycles. The molecule has 0 spiro atoms. The van der Waals surface area contributed by atoms with Gasteiger partial charge in [-0.3, -0.25) is 14.4 Å². The molecule has 2 aliphatic rings. The van der Waals surface area contributed by atoms with Gasteiger partial charge in [0.15, 0.2) is 6.61 Å². The summed E-state index contributed by atoms with van der Waals surface area (Å²) in [5.74, 6) is -1.42. The van der Waals surface area contributed by atoms with Crippen LogP contribution in [-0.4, -0.2) is 30.9 Å². The number of esters is 1. The van der Waals surface area contributed by atoms with Gasteiger partial charge in [-0.1, -0.05) is 0 Å². The van der Waals surface area contributed by atoms with Crippen LogP contribution in [0.1, 0.15) is 41.7 Å². The number of anilines is 1. The number of nitrogens with zero attached hydrogens (tertiary/aromatic N) is 1. The van der Waals surface area contributed by atoms with Gasteiger partial charge in [0.2, 0.25) is 5.91 Å². The van der Waals surface area contributed by atoms with Crippen LogP contribution in [0.2, 0.25) is 0 Å². The highest BCUT2D eigenvalue weighted by Gasteiger charge is 2.27. The quantitative estimate of drug-likeness (QED) is 0.790. The fraction of sp³-hybridized carbons (Fsp3) is 0.529. The number of nitriles is 1. The SMILES string of the molecule is N#Cc1c(NC(=O)COC(=O)C2CCC(=O)NC2)sc2c1CCCC2. The molecule has 8 heteroatoms. The Morgan fingerprint density at radius 3 is 2.84 bits per heavy atom. The van der Waals surface area contributed by atoms with Crippen molar-refractivity contribution in [1.29, 1.82) is 5.26 Å². The Kier molecular flexibility index (Phi) is 5.34. The van der Waals surface area contributed by atoms with Crippen molar-refractivity contribution in [2.24, 2.45) is 5.92 Å². The van der Waals surface area contributed by atoms with Crippen molar-refractivity contribution in [3.05, 3.63) is 16.0 Å². The van der Waals surface area contributed by atoms with Crippen LogP contribution < -0.4 is 10.6 Å². The molecule has 3 rings (SSSR count). The Morgan fingerprint density at radius 1 is 1.32 bits per heavy atom. The van der Waals surface area contributed by atoms with E-state index in [1.807, 2.05) is 0 Å². The lowest BCUT2D eigenvalue weighted by Gasteiger charge is -2.20. The first kappa shape index (κ1) is 17.4. The number of ether oxygens (including phenoxy) is 1. The third-order valence-electron chi connectivity index (χ3n) is 4.48. The van der Waals surface area contributed by atoms with Crippen molar-refractivity contribution in [2.45, 2.75) is 38.5 Å². The number of rotatable bonds is 4. The van der Waals surface area contributed by atoms with Crippen LogP contribution in [0.15, 0.2) is 0 Å². The minimum atomic E-state index is -0.485. The van der Waals surface area contributed by atoms with Gasteiger partial charge in [-0.25, -0.2) is 0 Å². The average Bonchev–Trinajstić information content (AvgIpc) is 2.97. The number of piperidine rings is 1. The van der Waals surface area contributed by atoms with Crippen molar-refractivity contribution in [1.82, 2.24) is 5.32 Å². The van der Waals surface area contributed by atoms with Crippen LogP contribution in [0.25, 0.3) is 0 Å². The van der Waals surface area contributed by atoms with Crippen LogP contribution in [0.4, 0.5) is 5.00 Å². The standard InChI is InChI=1S/C17H19N3O4S/c18-7-12-11-3-1-2-4-13(11)25-16(12)20-15(22)9-24-17(23)10-5-6-14(21)19-8-10/h10H,1-6,8-9H2,(H,19,21)(H,20,22). The van der Waals surface area contributed by atoms with Crippen LogP contribution >= 0.6 is 11.3 Å². The number of aryl methyl sites for hydroxylation is 1. The summed E-state index contributed by atoms with van der Waals surface area (Å²) in [5.41, 5.74) is 1.58. The second-order valence-electron chi connectivity index (χ2n) is 6.22. The van der Waals surface area contributed by atoms with E-state index in [2.05, 4.69) is 16.7 Å². The van der Waals surface area contributed by atoms with Gasteiger partial charge in [0.05, 0.1) is 11.5 Å². The van der Waals surface area contributed by atoms with Crippen LogP contribution in [0.3, 0.4) is 0 Å². The van der Waals surface area contributed by atoms with Crippen molar-refractivity contribution < 1.29 is 19.1 Å². The van der Waals surface area contributed by atoms with Gasteiger partial charge in [-0.2, -0.15) is 5.26 Å². The lowest BCUT2D eigenvalue weighted by molar-refractivity contribution is -0.152. The number of fused-ring (bicyclic) bond motifs is 1. The summed E-state index contributed by atoms with van der Waals surface area (Å²) in [6, 6.07) is 2.18. The minimum absolute atomic E-state index is 0.0764. The number of carbonyl (C=O) groups excluding carboxylic acids is 3. The first-order valence-electron chi connectivity index (χ1n) is 8.36. The van der Waals surface area contributed by atoms with E-state index in [0.717, 1.165) is 36.1 Å². The van der Waals surface area contributed by atoms with Gasteiger partial charge >= 0.3 is 5.97 Å². The largest absolute Gasteiger partial charge is 0.455 e. The molecule has 0 bridgehead atoms. The zero-order valence-electron chi connectivity index (χ0n) is 13.7. The molecular formula is C17H19N3O4S. The predicted octanol–water partition coefficient (Wildman–Crippen LogP) is 1.51. The Bertz CT molecular complexity index is 740. The maximum Gasteiger partial charge on any atom is 0.311 e. The van der Waals surface area contributed by atoms with E-state index in [1.165, 1.54) is 11.3 Å². The van der Waals surface area contributed by atoms with Crippen LogP contribution in [-0.2, 0) is 32.0 Å². The Labute approximate surface area is 149 Å². The topological polar surface area (TPSA) is 108 Å². The normalized spacial score (nSPS) is 19.3. The summed E-state index contributed by atoms with van der Waals surface area (Å²) < 4.78 is 5.05. The molecule has 0 saturated carbocycles. The van der Waals surface area contributed by atoms with Gasteiger partial charge in [0.25, 0.3) is 5.91 Å². The number of thiophene rings is 1. The van der Waals surface area contributed by atoms with E-state index in [-0.39, 0.29) is 18.9 Å². The highest BCUT2D eigenvalue weighted by Crippen LogP contribution is 2.37. The van der Waals surface area contributed by atoms with Gasteiger partial charge < -0.3 is 15.4 Å². The first-order valence-corrected chi connectivity index (χ1v) is 9.18. The summed E-state index contributed by atoms with van der Waals surface area (Å²) in [5, 5.41) is 15.2. The molecule has 0 aromatic carbocycles. The van der Waals surface area contributed by atoms with Gasteiger partial charge in [0, 0.05) is 17.8 Å². The molecule has 1 unspecified atom stereocenters. The summed E-state index contributed by atoms with van der Waals surface area (Å²) >= 11 is 1.43. The van der Waals surface area contributed by atoms with Crippen molar-refractivity contribution in [2.75, 3.05) is 18.5 Å². The molecule has 0 radical (unpaired) electrons. The number of amides is 2. The molecule has 132 valence electrons. The Morgan fingerprint density at radius 2 is 2.12 bits per heavy atom. The highest BCUT2D eigenvalue weighted by atomic mass is 32.1. The third kappa shape index (κ3) is 3.99. The molecule has 25 heavy (non-hydrogen) atoms. The monoisotopic (exact) mass is 361 g/mol. The van der Waals surface area contributed by atoms with E-state index in [1.54, 1.807) is 0 Å². The number of hydrogen-bond acceptors (Lipinski definition) is 6. The number of carbonyl (C=O) groups is 3. The van der Waals surface area contributed by atoms with Crippen molar-refractivity contribution in [3.8, 4) is 6.07 Å². The zero-order valence-corrected chi connectivity index (χ0v) is 14.5. The van der Waals surface area contributed by atoms with Gasteiger partial charge in [-0.05, 0) is 37.7 Å². The molecule has 1 saturated heterocycles. The molecule has 2 amide bonds. The smallest absolute Gasteiger partial charge is 0.311 e. The molecule has 1 aromatic heterocycles. The third-order valence-corrected chi connectivity index (χ3v) is 5.69. The lowest BCUT2D eigenvalue weighted by atomic mass is 9.96. The van der Waals surface area contributed by atoms with Crippen molar-refractivity contribution in [3.63, 3.8) is 0 Å². The highest BCUT2D eigenvalue weighted by molar-refractivity contribution is 7.16. The summed E-state index contributed by atoms with van der Waals surface area (Å²) in [6.45, 7) is -0.147. The minimum Gasteiger partial charge on any atom is -0.455 e. The molecule has 7 nitrogen and oxygen atoms in total. The first-order chi connectivity index (χ1) is 12.1. The zero-order chi connectivity index (χ0) is 17.8. The van der Waals surface area contributed by atoms with Crippen LogP contribution in [0, 0.1) is 17.2 Å². The second kappa shape index (κ2) is 7.66. The van der Waals surface area contributed by atoms with E-state index >= 15 is 0 Å². The molecule has 1 aromatic rings. The molecule has 2 heterocycles. The van der Waals surface area contributed by atoms with Crippen LogP contribution in [0.5, 0.6) is 0 Å². The summed E-state index contributed by atoms with van der Waals surface area (Å²) in [7, 11) is 0. The molecule has 1 atom stereocenters. The Hall–Kier alpha value is -2.40. The molecular weight excluding hydrogens is 342 g/mol. The number of hydrogen-bond donors (Lipinski definition) is 2. The van der Waals surface area contributed by atoms with E-state index in [0.29, 0.717) is 17.0 Å². The molecule has 1 aliphatic carbocycles. The maximum absolute atomic E-state index is 12.1. The average molecular weight is 361 g/mol. The molecule has 2 N–H and O–H groups in total. The van der Waals surface area contributed by atoms with Gasteiger partial charge in [0.1, 0.15) is 11.1 Å². The van der Waals surface area contributed by atoms with E-state index in [9.17, 15) is 19.6 Å². The fourth-order valence-corrected chi connectivity index (χ4v) is 4.38. The second-order valence-corrected chi connectivity index (χ2v) is 7.33. The Balaban J connectivity index is 1.55. The maximum atomic E-state index is 12.1. The van der Waals surface area contributed by atoms with E-state index < -0.39 is 24.4 Å². The fourth-order valence-electron chi connectivity index (χ4n) is 3.12.